The molecule has 1 aromatic carbocycles. The Morgan fingerprint density at radius 3 is 2.62 bits per heavy atom. The van der Waals surface area contributed by atoms with Gasteiger partial charge in [0.15, 0.2) is 0 Å². The molecule has 0 fully saturated rings. The lowest BCUT2D eigenvalue weighted by molar-refractivity contribution is 0.187. The van der Waals surface area contributed by atoms with Crippen molar-refractivity contribution in [3.8, 4) is 0 Å². The van der Waals surface area contributed by atoms with Crippen LogP contribution < -0.4 is 5.73 Å². The average Bonchev–Trinajstić information content (AvgIpc) is 2.08. The van der Waals surface area contributed by atoms with Crippen molar-refractivity contribution in [1.82, 2.24) is 0 Å². The molecule has 13 heavy (non-hydrogen) atoms. The minimum Gasteiger partial charge on any atom is -0.387 e. The van der Waals surface area contributed by atoms with Gasteiger partial charge in [0.1, 0.15) is 0 Å². The first-order chi connectivity index (χ1) is 5.65. The monoisotopic (exact) mass is 285 g/mol. The van der Waals surface area contributed by atoms with Crippen LogP contribution in [0.5, 0.6) is 0 Å². The quantitative estimate of drug-likeness (QED) is 0.878. The van der Waals surface area contributed by atoms with Crippen LogP contribution in [-0.2, 0) is 0 Å². The van der Waals surface area contributed by atoms with Gasteiger partial charge in [-0.15, -0.1) is 12.4 Å². The van der Waals surface area contributed by atoms with Crippen molar-refractivity contribution in [1.29, 1.82) is 0 Å². The summed E-state index contributed by atoms with van der Waals surface area (Å²) in [7, 11) is 0. The summed E-state index contributed by atoms with van der Waals surface area (Å²) in [6, 6.07) is 5.27. The van der Waals surface area contributed by atoms with E-state index in [2.05, 4.69) is 15.9 Å². The highest BCUT2D eigenvalue weighted by Crippen LogP contribution is 2.25. The lowest BCUT2D eigenvalue weighted by Crippen LogP contribution is -2.11. The topological polar surface area (TPSA) is 46.2 Å². The van der Waals surface area contributed by atoms with Gasteiger partial charge in [-0.3, -0.25) is 0 Å². The van der Waals surface area contributed by atoms with Crippen molar-refractivity contribution < 1.29 is 5.11 Å². The number of hydrogen-bond donors (Lipinski definition) is 2. The van der Waals surface area contributed by atoms with Gasteiger partial charge in [-0.05, 0) is 33.6 Å². The van der Waals surface area contributed by atoms with E-state index in [1.807, 2.05) is 0 Å². The summed E-state index contributed by atoms with van der Waals surface area (Å²) in [5.41, 5.74) is 6.03. The molecule has 0 saturated carbocycles. The van der Waals surface area contributed by atoms with Crippen molar-refractivity contribution in [2.45, 2.75) is 6.10 Å². The maximum Gasteiger partial charge on any atom is 0.0912 e. The Labute approximate surface area is 96.6 Å². The first-order valence-corrected chi connectivity index (χ1v) is 4.65. The standard InChI is InChI=1S/C8H9BrClNO.ClH/c9-6-2-1-5(3-7(6)10)8(12)4-11;/h1-3,8,12H,4,11H2;1H. The molecule has 1 aromatic rings. The molecule has 2 nitrogen and oxygen atoms in total. The van der Waals surface area contributed by atoms with E-state index in [9.17, 15) is 5.11 Å². The molecule has 74 valence electrons. The van der Waals surface area contributed by atoms with Gasteiger partial charge < -0.3 is 10.8 Å². The van der Waals surface area contributed by atoms with Crippen LogP contribution in [0.1, 0.15) is 11.7 Å². The van der Waals surface area contributed by atoms with Gasteiger partial charge in [-0.2, -0.15) is 0 Å². The molecule has 0 radical (unpaired) electrons. The predicted molar refractivity (Wildman–Crippen MR) is 60.4 cm³/mol. The Bertz CT molecular complexity index is 283. The molecule has 1 unspecified atom stereocenters. The molecule has 0 aliphatic heterocycles. The van der Waals surface area contributed by atoms with Gasteiger partial charge >= 0.3 is 0 Å². The fourth-order valence-electron chi connectivity index (χ4n) is 0.856. The van der Waals surface area contributed by atoms with E-state index in [-0.39, 0.29) is 19.0 Å². The van der Waals surface area contributed by atoms with Crippen molar-refractivity contribution in [3.63, 3.8) is 0 Å². The molecule has 0 spiro atoms. The number of hydrogen-bond acceptors (Lipinski definition) is 2. The Hall–Kier alpha value is 0.200. The van der Waals surface area contributed by atoms with Crippen molar-refractivity contribution >= 4 is 39.9 Å². The summed E-state index contributed by atoms with van der Waals surface area (Å²) in [5, 5.41) is 9.93. The second-order valence-electron chi connectivity index (χ2n) is 2.43. The summed E-state index contributed by atoms with van der Waals surface area (Å²) in [6.07, 6.45) is -0.629. The van der Waals surface area contributed by atoms with E-state index in [1.54, 1.807) is 18.2 Å². The van der Waals surface area contributed by atoms with E-state index < -0.39 is 6.10 Å². The van der Waals surface area contributed by atoms with Crippen LogP contribution >= 0.6 is 39.9 Å². The zero-order chi connectivity index (χ0) is 9.14. The summed E-state index contributed by atoms with van der Waals surface area (Å²) in [4.78, 5) is 0. The molecule has 5 heteroatoms. The van der Waals surface area contributed by atoms with Crippen molar-refractivity contribution in [2.24, 2.45) is 5.73 Å². The third-order valence-corrected chi connectivity index (χ3v) is 2.78. The maximum absolute atomic E-state index is 9.35. The molecule has 0 aliphatic carbocycles. The Morgan fingerprint density at radius 2 is 2.15 bits per heavy atom. The third-order valence-electron chi connectivity index (χ3n) is 1.55. The molecule has 3 N–H and O–H groups in total. The number of halogens is 3. The zero-order valence-electron chi connectivity index (χ0n) is 6.71. The van der Waals surface area contributed by atoms with Crippen LogP contribution in [0.4, 0.5) is 0 Å². The largest absolute Gasteiger partial charge is 0.387 e. The Balaban J connectivity index is 0.00000144. The van der Waals surface area contributed by atoms with Crippen molar-refractivity contribution in [3.05, 3.63) is 33.3 Å². The summed E-state index contributed by atoms with van der Waals surface area (Å²) >= 11 is 9.07. The molecule has 1 rings (SSSR count). The van der Waals surface area contributed by atoms with Gasteiger partial charge in [-0.1, -0.05) is 17.7 Å². The first-order valence-electron chi connectivity index (χ1n) is 3.48. The number of rotatable bonds is 2. The summed E-state index contributed by atoms with van der Waals surface area (Å²) in [6.45, 7) is 0.206. The number of aliphatic hydroxyl groups is 1. The first kappa shape index (κ1) is 13.2. The van der Waals surface area contributed by atoms with E-state index in [0.29, 0.717) is 5.02 Å². The van der Waals surface area contributed by atoms with Gasteiger partial charge in [0.05, 0.1) is 11.1 Å². The number of aliphatic hydroxyl groups excluding tert-OH is 1. The Kier molecular flexibility index (Phi) is 5.92. The van der Waals surface area contributed by atoms with Crippen LogP contribution in [-0.4, -0.2) is 11.7 Å². The second-order valence-corrected chi connectivity index (χ2v) is 3.69. The van der Waals surface area contributed by atoms with Gasteiger partial charge in [0.25, 0.3) is 0 Å². The molecular formula is C8H10BrCl2NO. The van der Waals surface area contributed by atoms with E-state index in [4.69, 9.17) is 17.3 Å². The maximum atomic E-state index is 9.35. The van der Waals surface area contributed by atoms with E-state index in [1.165, 1.54) is 0 Å². The van der Waals surface area contributed by atoms with Gasteiger partial charge in [-0.25, -0.2) is 0 Å². The highest BCUT2D eigenvalue weighted by molar-refractivity contribution is 9.10. The Morgan fingerprint density at radius 1 is 1.54 bits per heavy atom. The molecule has 0 aliphatic rings. The van der Waals surface area contributed by atoms with Gasteiger partial charge in [0.2, 0.25) is 0 Å². The van der Waals surface area contributed by atoms with Crippen LogP contribution in [0, 0.1) is 0 Å². The highest BCUT2D eigenvalue weighted by Gasteiger charge is 2.06. The summed E-state index contributed by atoms with van der Waals surface area (Å²) < 4.78 is 0.817. The van der Waals surface area contributed by atoms with Crippen LogP contribution in [0.3, 0.4) is 0 Å². The molecular weight excluding hydrogens is 277 g/mol. The SMILES string of the molecule is Cl.NCC(O)c1ccc(Br)c(Cl)c1. The fraction of sp³-hybridized carbons (Fsp3) is 0.250. The fourth-order valence-corrected chi connectivity index (χ4v) is 1.29. The van der Waals surface area contributed by atoms with Crippen LogP contribution in [0.15, 0.2) is 22.7 Å². The molecule has 0 saturated heterocycles. The minimum atomic E-state index is -0.629. The van der Waals surface area contributed by atoms with Crippen molar-refractivity contribution in [2.75, 3.05) is 6.54 Å². The third kappa shape index (κ3) is 3.44. The zero-order valence-corrected chi connectivity index (χ0v) is 9.86. The van der Waals surface area contributed by atoms with E-state index in [0.717, 1.165) is 10.0 Å². The van der Waals surface area contributed by atoms with Gasteiger partial charge in [0, 0.05) is 11.0 Å². The number of benzene rings is 1. The molecule has 1 atom stereocenters. The lowest BCUT2D eigenvalue weighted by Gasteiger charge is -2.08. The predicted octanol–water partition coefficient (Wildman–Crippen LogP) is 2.52. The smallest absolute Gasteiger partial charge is 0.0912 e. The number of nitrogens with two attached hydrogens (primary N) is 1. The second kappa shape index (κ2) is 5.83. The summed E-state index contributed by atoms with van der Waals surface area (Å²) in [5.74, 6) is 0. The normalized spacial score (nSPS) is 12.0. The average molecular weight is 287 g/mol. The van der Waals surface area contributed by atoms with Crippen LogP contribution in [0.2, 0.25) is 5.02 Å². The molecule has 0 aromatic heterocycles. The van der Waals surface area contributed by atoms with Crippen LogP contribution in [0.25, 0.3) is 0 Å². The minimum absolute atomic E-state index is 0. The van der Waals surface area contributed by atoms with E-state index >= 15 is 0 Å². The lowest BCUT2D eigenvalue weighted by atomic mass is 10.1. The molecule has 0 heterocycles. The highest BCUT2D eigenvalue weighted by atomic mass is 79.9. The molecule has 0 amide bonds. The molecule has 0 bridgehead atoms.